The number of nitrogens with zero attached hydrogens (tertiary/aromatic N) is 2. The number of aromatic nitrogens is 2. The van der Waals surface area contributed by atoms with E-state index in [0.717, 1.165) is 28.2 Å². The van der Waals surface area contributed by atoms with Crippen LogP contribution in [0.3, 0.4) is 0 Å². The van der Waals surface area contributed by atoms with Gasteiger partial charge in [-0.05, 0) is 42.4 Å². The van der Waals surface area contributed by atoms with E-state index in [4.69, 9.17) is 4.42 Å². The van der Waals surface area contributed by atoms with Gasteiger partial charge in [0, 0.05) is 12.6 Å². The average Bonchev–Trinajstić information content (AvgIpc) is 2.80. The Labute approximate surface area is 115 Å². The Bertz CT molecular complexity index is 525. The lowest BCUT2D eigenvalue weighted by Crippen LogP contribution is -2.24. The van der Waals surface area contributed by atoms with Crippen LogP contribution in [0.15, 0.2) is 21.2 Å². The van der Waals surface area contributed by atoms with E-state index in [1.165, 1.54) is 5.56 Å². The molecule has 1 atom stereocenters. The molecule has 98 valence electrons. The maximum Gasteiger partial charge on any atom is 0.106 e. The smallest absolute Gasteiger partial charge is 0.106 e. The minimum absolute atomic E-state index is 0.0920. The van der Waals surface area contributed by atoms with Gasteiger partial charge < -0.3 is 9.73 Å². The van der Waals surface area contributed by atoms with Gasteiger partial charge in [0.2, 0.25) is 0 Å². The highest BCUT2D eigenvalue weighted by Crippen LogP contribution is 2.31. The van der Waals surface area contributed by atoms with Gasteiger partial charge in [0.15, 0.2) is 0 Å². The van der Waals surface area contributed by atoms with Crippen molar-refractivity contribution < 1.29 is 4.42 Å². The van der Waals surface area contributed by atoms with Crippen LogP contribution in [0.25, 0.3) is 0 Å². The highest BCUT2D eigenvalue weighted by Gasteiger charge is 2.23. The number of hydrogen-bond donors (Lipinski definition) is 1. The summed E-state index contributed by atoms with van der Waals surface area (Å²) < 4.78 is 8.53. The van der Waals surface area contributed by atoms with Gasteiger partial charge in [-0.1, -0.05) is 6.92 Å². The number of rotatable bonds is 4. The van der Waals surface area contributed by atoms with Gasteiger partial charge in [-0.3, -0.25) is 4.68 Å². The molecule has 0 fully saturated rings. The largest absolute Gasteiger partial charge is 0.466 e. The molecular weight excluding hydrogens is 294 g/mol. The molecule has 2 heterocycles. The molecule has 5 heteroatoms. The molecule has 0 aliphatic heterocycles. The van der Waals surface area contributed by atoms with Gasteiger partial charge in [0.05, 0.1) is 22.4 Å². The Morgan fingerprint density at radius 1 is 1.50 bits per heavy atom. The summed E-state index contributed by atoms with van der Waals surface area (Å²) in [6, 6.07) is 2.18. The molecule has 0 bridgehead atoms. The second kappa shape index (κ2) is 5.28. The number of hydrogen-bond acceptors (Lipinski definition) is 3. The monoisotopic (exact) mass is 311 g/mol. The molecule has 0 radical (unpaired) electrons. The fraction of sp³-hybridized carbons (Fsp3) is 0.462. The maximum atomic E-state index is 5.63. The first kappa shape index (κ1) is 13.4. The van der Waals surface area contributed by atoms with Gasteiger partial charge in [0.25, 0.3) is 0 Å². The predicted octanol–water partition coefficient (Wildman–Crippen LogP) is 3.09. The Kier molecular flexibility index (Phi) is 3.92. The van der Waals surface area contributed by atoms with Crippen molar-refractivity contribution in [3.8, 4) is 0 Å². The van der Waals surface area contributed by atoms with Gasteiger partial charge >= 0.3 is 0 Å². The lowest BCUT2D eigenvalue weighted by Gasteiger charge is -2.18. The van der Waals surface area contributed by atoms with E-state index in [0.29, 0.717) is 0 Å². The molecular formula is C13H18BrN3O. The van der Waals surface area contributed by atoms with Crippen molar-refractivity contribution in [2.24, 2.45) is 7.05 Å². The molecule has 0 saturated carbocycles. The van der Waals surface area contributed by atoms with E-state index >= 15 is 0 Å². The van der Waals surface area contributed by atoms with Crippen LogP contribution in [0.1, 0.15) is 35.7 Å². The van der Waals surface area contributed by atoms with E-state index < -0.39 is 0 Å². The van der Waals surface area contributed by atoms with Crippen LogP contribution in [0, 0.1) is 13.8 Å². The molecule has 18 heavy (non-hydrogen) atoms. The number of aryl methyl sites for hydroxylation is 3. The molecule has 0 spiro atoms. The van der Waals surface area contributed by atoms with Crippen LogP contribution in [0.5, 0.6) is 0 Å². The fourth-order valence-electron chi connectivity index (χ4n) is 2.24. The van der Waals surface area contributed by atoms with Gasteiger partial charge in [-0.2, -0.15) is 5.10 Å². The average molecular weight is 312 g/mol. The third-order valence-electron chi connectivity index (χ3n) is 3.01. The van der Waals surface area contributed by atoms with Gasteiger partial charge in [-0.15, -0.1) is 0 Å². The number of halogens is 1. The van der Waals surface area contributed by atoms with Crippen LogP contribution >= 0.6 is 15.9 Å². The highest BCUT2D eigenvalue weighted by atomic mass is 79.9. The Hall–Kier alpha value is -1.07. The van der Waals surface area contributed by atoms with E-state index in [-0.39, 0.29) is 6.04 Å². The van der Waals surface area contributed by atoms with Crippen molar-refractivity contribution in [3.63, 3.8) is 0 Å². The molecule has 0 aliphatic carbocycles. The minimum atomic E-state index is 0.0920. The molecule has 2 rings (SSSR count). The van der Waals surface area contributed by atoms with Crippen molar-refractivity contribution in [1.29, 1.82) is 0 Å². The molecule has 4 nitrogen and oxygen atoms in total. The lowest BCUT2D eigenvalue weighted by atomic mass is 10.0. The first-order valence-electron chi connectivity index (χ1n) is 6.02. The normalized spacial score (nSPS) is 12.9. The number of nitrogens with one attached hydrogen (secondary N) is 1. The Balaban J connectivity index is 2.49. The van der Waals surface area contributed by atoms with Crippen LogP contribution < -0.4 is 5.32 Å². The second-order valence-electron chi connectivity index (χ2n) is 4.36. The molecule has 2 aromatic heterocycles. The summed E-state index contributed by atoms with van der Waals surface area (Å²) in [5.74, 6) is 1.88. The highest BCUT2D eigenvalue weighted by molar-refractivity contribution is 9.10. The summed E-state index contributed by atoms with van der Waals surface area (Å²) in [6.45, 7) is 6.94. The Morgan fingerprint density at radius 3 is 2.67 bits per heavy atom. The molecule has 0 aromatic carbocycles. The van der Waals surface area contributed by atoms with E-state index in [9.17, 15) is 0 Å². The third kappa shape index (κ3) is 2.37. The zero-order valence-electron chi connectivity index (χ0n) is 11.1. The zero-order chi connectivity index (χ0) is 13.3. The molecule has 1 N–H and O–H groups in total. The molecule has 0 saturated heterocycles. The molecule has 0 amide bonds. The SMILES string of the molecule is CCNC(c1cc(C)oc1C)c1c(Br)cnn1C. The van der Waals surface area contributed by atoms with Crippen LogP contribution in [-0.2, 0) is 7.05 Å². The fourth-order valence-corrected chi connectivity index (χ4v) is 2.82. The Morgan fingerprint density at radius 2 is 2.22 bits per heavy atom. The van der Waals surface area contributed by atoms with Crippen molar-refractivity contribution >= 4 is 15.9 Å². The van der Waals surface area contributed by atoms with Crippen LogP contribution in [0.4, 0.5) is 0 Å². The topological polar surface area (TPSA) is 43.0 Å². The summed E-state index contributed by atoms with van der Waals surface area (Å²) in [6.07, 6.45) is 1.82. The van der Waals surface area contributed by atoms with Gasteiger partial charge in [-0.25, -0.2) is 0 Å². The molecule has 2 aromatic rings. The summed E-state index contributed by atoms with van der Waals surface area (Å²) in [4.78, 5) is 0. The van der Waals surface area contributed by atoms with E-state index in [2.05, 4.69) is 39.3 Å². The molecule has 0 aliphatic rings. The quantitative estimate of drug-likeness (QED) is 0.943. The predicted molar refractivity (Wildman–Crippen MR) is 74.6 cm³/mol. The van der Waals surface area contributed by atoms with Crippen LogP contribution in [-0.4, -0.2) is 16.3 Å². The molecule has 1 unspecified atom stereocenters. The maximum absolute atomic E-state index is 5.63. The third-order valence-corrected chi connectivity index (χ3v) is 3.62. The van der Waals surface area contributed by atoms with Crippen molar-refractivity contribution in [3.05, 3.63) is 39.5 Å². The van der Waals surface area contributed by atoms with Crippen LogP contribution in [0.2, 0.25) is 0 Å². The summed E-state index contributed by atoms with van der Waals surface area (Å²) in [5, 5.41) is 7.77. The summed E-state index contributed by atoms with van der Waals surface area (Å²) >= 11 is 3.56. The van der Waals surface area contributed by atoms with Crippen molar-refractivity contribution in [1.82, 2.24) is 15.1 Å². The second-order valence-corrected chi connectivity index (χ2v) is 5.21. The van der Waals surface area contributed by atoms with Crippen molar-refractivity contribution in [2.75, 3.05) is 6.54 Å². The summed E-state index contributed by atoms with van der Waals surface area (Å²) in [5.41, 5.74) is 2.28. The summed E-state index contributed by atoms with van der Waals surface area (Å²) in [7, 11) is 1.95. The van der Waals surface area contributed by atoms with E-state index in [1.807, 2.05) is 31.8 Å². The first-order valence-corrected chi connectivity index (χ1v) is 6.81. The van der Waals surface area contributed by atoms with Gasteiger partial charge in [0.1, 0.15) is 11.5 Å². The lowest BCUT2D eigenvalue weighted by molar-refractivity contribution is 0.491. The van der Waals surface area contributed by atoms with Crippen molar-refractivity contribution in [2.45, 2.75) is 26.8 Å². The van der Waals surface area contributed by atoms with E-state index in [1.54, 1.807) is 0 Å². The zero-order valence-corrected chi connectivity index (χ0v) is 12.7. The standard InChI is InChI=1S/C13H18BrN3O/c1-5-15-12(10-6-8(2)18-9(10)3)13-11(14)7-16-17(13)4/h6-7,12,15H,5H2,1-4H3. The first-order chi connectivity index (χ1) is 8.54. The minimum Gasteiger partial charge on any atom is -0.466 e. The number of furan rings is 1.